The fraction of sp³-hybridized carbons (Fsp3) is 0.263. The van der Waals surface area contributed by atoms with Crippen molar-refractivity contribution in [2.45, 2.75) is 26.2 Å². The number of thiophene rings is 1. The highest BCUT2D eigenvalue weighted by Crippen LogP contribution is 2.41. The van der Waals surface area contributed by atoms with Gasteiger partial charge in [-0.25, -0.2) is 4.39 Å². The third kappa shape index (κ3) is 2.78. The molecular formula is C19H17FN2O3S. The van der Waals surface area contributed by atoms with Crippen LogP contribution in [0.25, 0.3) is 10.2 Å². The van der Waals surface area contributed by atoms with Crippen molar-refractivity contribution in [3.63, 3.8) is 0 Å². The van der Waals surface area contributed by atoms with E-state index in [-0.39, 0.29) is 11.3 Å². The van der Waals surface area contributed by atoms with Gasteiger partial charge in [0.25, 0.3) is 11.5 Å². The maximum Gasteiger partial charge on any atom is 0.265 e. The highest BCUT2D eigenvalue weighted by molar-refractivity contribution is 7.18. The quantitative estimate of drug-likeness (QED) is 0.640. The highest BCUT2D eigenvalue weighted by atomic mass is 32.1. The molecule has 1 aliphatic carbocycles. The number of aromatic hydroxyl groups is 1. The van der Waals surface area contributed by atoms with Gasteiger partial charge in [-0.2, -0.15) is 0 Å². The molecule has 2 heterocycles. The Kier molecular flexibility index (Phi) is 4.03. The van der Waals surface area contributed by atoms with Crippen LogP contribution in [0.1, 0.15) is 34.1 Å². The van der Waals surface area contributed by atoms with Crippen molar-refractivity contribution in [1.29, 1.82) is 0 Å². The van der Waals surface area contributed by atoms with Crippen molar-refractivity contribution in [3.05, 3.63) is 56.4 Å². The second kappa shape index (κ2) is 6.25. The van der Waals surface area contributed by atoms with Crippen LogP contribution in [0.5, 0.6) is 5.75 Å². The molecule has 3 aromatic rings. The number of aromatic nitrogens is 1. The molecule has 0 bridgehead atoms. The van der Waals surface area contributed by atoms with Gasteiger partial charge in [-0.1, -0.05) is 6.92 Å². The van der Waals surface area contributed by atoms with Crippen LogP contribution in [0.3, 0.4) is 0 Å². The number of pyridine rings is 1. The Morgan fingerprint density at radius 2 is 2.08 bits per heavy atom. The van der Waals surface area contributed by atoms with Crippen molar-refractivity contribution >= 4 is 33.1 Å². The summed E-state index contributed by atoms with van der Waals surface area (Å²) in [7, 11) is 0. The molecule has 0 fully saturated rings. The predicted molar refractivity (Wildman–Crippen MR) is 99.7 cm³/mol. The number of aryl methyl sites for hydroxylation is 1. The zero-order valence-corrected chi connectivity index (χ0v) is 14.9. The largest absolute Gasteiger partial charge is 0.506 e. The molecule has 0 spiro atoms. The lowest BCUT2D eigenvalue weighted by molar-refractivity contribution is 0.102. The average molecular weight is 372 g/mol. The van der Waals surface area contributed by atoms with E-state index in [0.29, 0.717) is 21.8 Å². The summed E-state index contributed by atoms with van der Waals surface area (Å²) in [5.74, 6) is -0.869. The topological polar surface area (TPSA) is 82.2 Å². The number of hydrogen-bond acceptors (Lipinski definition) is 4. The van der Waals surface area contributed by atoms with Crippen LogP contribution in [0.4, 0.5) is 10.1 Å². The Labute approximate surface area is 152 Å². The number of nitrogens with one attached hydrogen (secondary N) is 2. The summed E-state index contributed by atoms with van der Waals surface area (Å²) in [6, 6.07) is 5.20. The number of halogens is 1. The summed E-state index contributed by atoms with van der Waals surface area (Å²) < 4.78 is 13.0. The summed E-state index contributed by atoms with van der Waals surface area (Å²) >= 11 is 1.47. The third-order valence-corrected chi connectivity index (χ3v) is 5.94. The molecule has 0 saturated heterocycles. The van der Waals surface area contributed by atoms with Gasteiger partial charge in [0.2, 0.25) is 0 Å². The van der Waals surface area contributed by atoms with Gasteiger partial charge in [0.1, 0.15) is 22.0 Å². The first-order valence-electron chi connectivity index (χ1n) is 8.40. The van der Waals surface area contributed by atoms with Crippen LogP contribution in [0.15, 0.2) is 29.1 Å². The lowest BCUT2D eigenvalue weighted by Crippen LogP contribution is -2.23. The van der Waals surface area contributed by atoms with Gasteiger partial charge < -0.3 is 15.4 Å². The van der Waals surface area contributed by atoms with E-state index < -0.39 is 17.3 Å². The third-order valence-electron chi connectivity index (χ3n) is 4.77. The zero-order valence-electron chi connectivity index (χ0n) is 14.1. The average Bonchev–Trinajstić information content (AvgIpc) is 2.94. The molecule has 1 amide bonds. The van der Waals surface area contributed by atoms with Gasteiger partial charge in [0, 0.05) is 10.6 Å². The molecule has 0 saturated carbocycles. The van der Waals surface area contributed by atoms with Gasteiger partial charge >= 0.3 is 0 Å². The van der Waals surface area contributed by atoms with Crippen LogP contribution >= 0.6 is 11.3 Å². The summed E-state index contributed by atoms with van der Waals surface area (Å²) in [4.78, 5) is 29.4. The van der Waals surface area contributed by atoms with Gasteiger partial charge in [0.15, 0.2) is 0 Å². The molecule has 0 radical (unpaired) electrons. The van der Waals surface area contributed by atoms with E-state index in [1.165, 1.54) is 35.6 Å². The molecule has 2 aromatic heterocycles. The highest BCUT2D eigenvalue weighted by Gasteiger charge is 2.27. The van der Waals surface area contributed by atoms with Gasteiger partial charge in [-0.15, -0.1) is 11.3 Å². The molecule has 4 rings (SSSR count). The number of rotatable bonds is 2. The number of benzene rings is 1. The molecule has 0 aliphatic heterocycles. The number of carbonyl (C=O) groups is 1. The van der Waals surface area contributed by atoms with E-state index in [4.69, 9.17) is 0 Å². The standard InChI is InChI=1S/C19H17FN2O3S/c1-9-2-7-12-13(8-9)26-19-14(12)16(23)15(18(25)22-19)17(24)21-11-5-3-10(20)4-6-11/h3-6,9H,2,7-8H2,1H3,(H,21,24)(H2,22,23,25). The minimum Gasteiger partial charge on any atom is -0.506 e. The summed E-state index contributed by atoms with van der Waals surface area (Å²) in [5, 5.41) is 13.8. The molecule has 1 atom stereocenters. The van der Waals surface area contributed by atoms with Crippen molar-refractivity contribution < 1.29 is 14.3 Å². The van der Waals surface area contributed by atoms with Gasteiger partial charge in [-0.3, -0.25) is 9.59 Å². The number of amides is 1. The second-order valence-corrected chi connectivity index (χ2v) is 7.80. The Bertz CT molecular complexity index is 1070. The Morgan fingerprint density at radius 1 is 1.35 bits per heavy atom. The van der Waals surface area contributed by atoms with E-state index in [2.05, 4.69) is 17.2 Å². The van der Waals surface area contributed by atoms with Crippen LogP contribution in [0.2, 0.25) is 0 Å². The van der Waals surface area contributed by atoms with Crippen LogP contribution < -0.4 is 10.9 Å². The van der Waals surface area contributed by atoms with Crippen molar-refractivity contribution in [3.8, 4) is 5.75 Å². The number of aromatic amines is 1. The predicted octanol–water partition coefficient (Wildman–Crippen LogP) is 3.81. The van der Waals surface area contributed by atoms with Crippen LogP contribution in [-0.2, 0) is 12.8 Å². The lowest BCUT2D eigenvalue weighted by atomic mass is 9.89. The number of carbonyl (C=O) groups excluding carboxylic acids is 1. The van der Waals surface area contributed by atoms with Gasteiger partial charge in [0.05, 0.1) is 5.39 Å². The molecule has 26 heavy (non-hydrogen) atoms. The maximum absolute atomic E-state index is 13.0. The van der Waals surface area contributed by atoms with Crippen molar-refractivity contribution in [1.82, 2.24) is 4.98 Å². The maximum atomic E-state index is 13.0. The molecule has 134 valence electrons. The second-order valence-electron chi connectivity index (χ2n) is 6.69. The Balaban J connectivity index is 1.78. The molecule has 1 aromatic carbocycles. The molecule has 1 unspecified atom stereocenters. The molecular weight excluding hydrogens is 355 g/mol. The summed E-state index contributed by atoms with van der Waals surface area (Å²) in [6.45, 7) is 2.18. The van der Waals surface area contributed by atoms with Crippen molar-refractivity contribution in [2.24, 2.45) is 5.92 Å². The minimum absolute atomic E-state index is 0.282. The number of fused-ring (bicyclic) bond motifs is 3. The van der Waals surface area contributed by atoms with E-state index in [9.17, 15) is 19.1 Å². The normalized spacial score (nSPS) is 16.5. The first-order valence-corrected chi connectivity index (χ1v) is 9.22. The van der Waals surface area contributed by atoms with E-state index in [1.54, 1.807) is 0 Å². The molecule has 3 N–H and O–H groups in total. The van der Waals surface area contributed by atoms with Crippen LogP contribution in [-0.4, -0.2) is 16.0 Å². The van der Waals surface area contributed by atoms with Gasteiger partial charge in [-0.05, 0) is 55.0 Å². The molecule has 5 nitrogen and oxygen atoms in total. The lowest BCUT2D eigenvalue weighted by Gasteiger charge is -2.18. The number of hydrogen-bond donors (Lipinski definition) is 3. The zero-order chi connectivity index (χ0) is 18.4. The Morgan fingerprint density at radius 3 is 2.81 bits per heavy atom. The summed E-state index contributed by atoms with van der Waals surface area (Å²) in [5.41, 5.74) is 0.409. The monoisotopic (exact) mass is 372 g/mol. The van der Waals surface area contributed by atoms with E-state index in [0.717, 1.165) is 29.7 Å². The number of H-pyrrole nitrogens is 1. The fourth-order valence-electron chi connectivity index (χ4n) is 3.42. The Hall–Kier alpha value is -2.67. The SMILES string of the molecule is CC1CCc2c(sc3[nH]c(=O)c(C(=O)Nc4ccc(F)cc4)c(O)c23)C1. The number of anilines is 1. The smallest absolute Gasteiger partial charge is 0.265 e. The van der Waals surface area contributed by atoms with Crippen molar-refractivity contribution in [2.75, 3.05) is 5.32 Å². The molecule has 1 aliphatic rings. The first kappa shape index (κ1) is 16.8. The summed E-state index contributed by atoms with van der Waals surface area (Å²) in [6.07, 6.45) is 2.73. The first-order chi connectivity index (χ1) is 12.4. The minimum atomic E-state index is -0.721. The van der Waals surface area contributed by atoms with Crippen LogP contribution in [0, 0.1) is 11.7 Å². The van der Waals surface area contributed by atoms with E-state index in [1.807, 2.05) is 0 Å². The molecule has 7 heteroatoms. The van der Waals surface area contributed by atoms with E-state index >= 15 is 0 Å². The fourth-order valence-corrected chi connectivity index (χ4v) is 4.83.